The van der Waals surface area contributed by atoms with Crippen molar-refractivity contribution in [3.63, 3.8) is 0 Å². The van der Waals surface area contributed by atoms with E-state index in [1.165, 1.54) is 0 Å². The molecule has 0 aliphatic heterocycles. The molecule has 1 rings (SSSR count). The number of carbonyl (C=O) groups excluding carboxylic acids is 1. The van der Waals surface area contributed by atoms with Crippen molar-refractivity contribution >= 4 is 16.1 Å². The second kappa shape index (κ2) is 6.68. The topological polar surface area (TPSA) is 69.7 Å². The standard InChI is InChI=1S/C13H18O5S/c1-4-10(5-2)11-8-6-7-9-12(11)13(14)17-18-19(3,15)16/h6-10H,4-5H2,1-3H3. The molecular weight excluding hydrogens is 268 g/mol. The predicted molar refractivity (Wildman–Crippen MR) is 71.1 cm³/mol. The van der Waals surface area contributed by atoms with Crippen molar-refractivity contribution in [2.75, 3.05) is 6.26 Å². The fourth-order valence-corrected chi connectivity index (χ4v) is 2.09. The van der Waals surface area contributed by atoms with Gasteiger partial charge in [0.15, 0.2) is 0 Å². The quantitative estimate of drug-likeness (QED) is 0.594. The second-order valence-corrected chi connectivity index (χ2v) is 5.79. The smallest absolute Gasteiger partial charge is 0.276 e. The van der Waals surface area contributed by atoms with Gasteiger partial charge in [0.1, 0.15) is 0 Å². The van der Waals surface area contributed by atoms with Gasteiger partial charge in [0, 0.05) is 0 Å². The molecule has 0 bridgehead atoms. The predicted octanol–water partition coefficient (Wildman–Crippen LogP) is 2.64. The van der Waals surface area contributed by atoms with Gasteiger partial charge in [0.05, 0.1) is 11.8 Å². The minimum atomic E-state index is -3.81. The highest BCUT2D eigenvalue weighted by Crippen LogP contribution is 2.26. The third-order valence-electron chi connectivity index (χ3n) is 2.84. The van der Waals surface area contributed by atoms with E-state index in [1.807, 2.05) is 26.0 Å². The van der Waals surface area contributed by atoms with Gasteiger partial charge in [-0.3, -0.25) is 4.89 Å². The molecule has 0 heterocycles. The molecule has 0 atom stereocenters. The van der Waals surface area contributed by atoms with Crippen LogP contribution < -0.4 is 0 Å². The van der Waals surface area contributed by atoms with Gasteiger partial charge < -0.3 is 0 Å². The van der Waals surface area contributed by atoms with E-state index in [2.05, 4.69) is 9.22 Å². The summed E-state index contributed by atoms with van der Waals surface area (Å²) in [7, 11) is -3.81. The molecule has 0 spiro atoms. The fraction of sp³-hybridized carbons (Fsp3) is 0.462. The SMILES string of the molecule is CCC(CC)c1ccccc1C(=O)OOS(C)(=O)=O. The summed E-state index contributed by atoms with van der Waals surface area (Å²) in [6, 6.07) is 6.97. The Labute approximate surface area is 113 Å². The second-order valence-electron chi connectivity index (χ2n) is 4.24. The molecule has 0 saturated heterocycles. The number of rotatable bonds is 6. The maximum atomic E-state index is 11.8. The van der Waals surface area contributed by atoms with Crippen LogP contribution in [0, 0.1) is 0 Å². The highest BCUT2D eigenvalue weighted by Gasteiger charge is 2.19. The molecule has 0 saturated carbocycles. The first-order valence-corrected chi connectivity index (χ1v) is 7.90. The van der Waals surface area contributed by atoms with Gasteiger partial charge in [-0.15, -0.1) is 0 Å². The summed E-state index contributed by atoms with van der Waals surface area (Å²) in [5.41, 5.74) is 1.18. The van der Waals surface area contributed by atoms with Crippen LogP contribution in [0.4, 0.5) is 0 Å². The van der Waals surface area contributed by atoms with Crippen molar-refractivity contribution in [2.45, 2.75) is 32.6 Å². The first-order valence-electron chi connectivity index (χ1n) is 6.08. The minimum absolute atomic E-state index is 0.224. The maximum absolute atomic E-state index is 11.8. The lowest BCUT2D eigenvalue weighted by Gasteiger charge is -2.15. The van der Waals surface area contributed by atoms with Crippen molar-refractivity contribution in [1.82, 2.24) is 0 Å². The number of hydrogen-bond donors (Lipinski definition) is 0. The molecule has 0 amide bonds. The molecule has 0 aliphatic rings. The summed E-state index contributed by atoms with van der Waals surface area (Å²) in [4.78, 5) is 16.2. The molecule has 106 valence electrons. The lowest BCUT2D eigenvalue weighted by molar-refractivity contribution is -0.143. The van der Waals surface area contributed by atoms with E-state index < -0.39 is 16.1 Å². The molecule has 0 N–H and O–H groups in total. The lowest BCUT2D eigenvalue weighted by Crippen LogP contribution is -2.13. The Hall–Kier alpha value is -1.40. The number of carbonyl (C=O) groups is 1. The summed E-state index contributed by atoms with van der Waals surface area (Å²) in [5.74, 6) is -0.574. The third-order valence-corrected chi connectivity index (χ3v) is 3.15. The van der Waals surface area contributed by atoms with Gasteiger partial charge >= 0.3 is 5.97 Å². The third kappa shape index (κ3) is 4.65. The van der Waals surface area contributed by atoms with Gasteiger partial charge in [-0.05, 0) is 30.4 Å². The van der Waals surface area contributed by atoms with Crippen LogP contribution in [-0.2, 0) is 19.3 Å². The van der Waals surface area contributed by atoms with Gasteiger partial charge in [-0.2, -0.15) is 8.42 Å². The molecule has 0 aliphatic carbocycles. The van der Waals surface area contributed by atoms with Gasteiger partial charge in [-0.1, -0.05) is 36.4 Å². The van der Waals surface area contributed by atoms with E-state index in [9.17, 15) is 13.2 Å². The Balaban J connectivity index is 2.97. The molecule has 1 aromatic carbocycles. The van der Waals surface area contributed by atoms with Crippen LogP contribution in [-0.4, -0.2) is 20.6 Å². The Kier molecular flexibility index (Phi) is 5.50. The molecule has 0 fully saturated rings. The maximum Gasteiger partial charge on any atom is 0.374 e. The van der Waals surface area contributed by atoms with Crippen LogP contribution >= 0.6 is 0 Å². The fourth-order valence-electron chi connectivity index (χ4n) is 1.90. The van der Waals surface area contributed by atoms with Gasteiger partial charge in [0.2, 0.25) is 0 Å². The summed E-state index contributed by atoms with van der Waals surface area (Å²) in [6.45, 7) is 4.06. The molecule has 0 aromatic heterocycles. The molecule has 0 radical (unpaired) electrons. The van der Waals surface area contributed by atoms with Gasteiger partial charge in [-0.25, -0.2) is 4.79 Å². The normalized spacial score (nSPS) is 11.6. The van der Waals surface area contributed by atoms with E-state index in [1.54, 1.807) is 12.1 Å². The molecule has 5 nitrogen and oxygen atoms in total. The monoisotopic (exact) mass is 286 g/mol. The highest BCUT2D eigenvalue weighted by atomic mass is 32.2. The highest BCUT2D eigenvalue weighted by molar-refractivity contribution is 7.85. The zero-order valence-electron chi connectivity index (χ0n) is 11.3. The van der Waals surface area contributed by atoms with E-state index in [0.29, 0.717) is 5.56 Å². The first-order chi connectivity index (χ1) is 8.89. The van der Waals surface area contributed by atoms with Crippen LogP contribution in [0.15, 0.2) is 24.3 Å². The minimum Gasteiger partial charge on any atom is -0.276 e. The van der Waals surface area contributed by atoms with Crippen LogP contribution in [0.5, 0.6) is 0 Å². The summed E-state index contributed by atoms with van der Waals surface area (Å²) in [6.07, 6.45) is 2.58. The van der Waals surface area contributed by atoms with Crippen molar-refractivity contribution in [3.05, 3.63) is 35.4 Å². The van der Waals surface area contributed by atoms with Crippen LogP contribution in [0.1, 0.15) is 48.5 Å². The van der Waals surface area contributed by atoms with E-state index in [4.69, 9.17) is 0 Å². The first kappa shape index (κ1) is 15.7. The molecular formula is C13H18O5S. The van der Waals surface area contributed by atoms with E-state index in [-0.39, 0.29) is 5.92 Å². The molecule has 1 aromatic rings. The van der Waals surface area contributed by atoms with Crippen molar-refractivity contribution < 1.29 is 22.4 Å². The summed E-state index contributed by atoms with van der Waals surface area (Å²) < 4.78 is 25.7. The number of benzene rings is 1. The van der Waals surface area contributed by atoms with Gasteiger partial charge in [0.25, 0.3) is 10.1 Å². The van der Waals surface area contributed by atoms with Crippen molar-refractivity contribution in [2.24, 2.45) is 0 Å². The average molecular weight is 286 g/mol. The molecule has 0 unspecified atom stereocenters. The zero-order chi connectivity index (χ0) is 14.5. The average Bonchev–Trinajstić information content (AvgIpc) is 2.37. The van der Waals surface area contributed by atoms with Crippen molar-refractivity contribution in [1.29, 1.82) is 0 Å². The number of hydrogen-bond acceptors (Lipinski definition) is 5. The van der Waals surface area contributed by atoms with Crippen LogP contribution in [0.2, 0.25) is 0 Å². The lowest BCUT2D eigenvalue weighted by atomic mass is 9.90. The Morgan fingerprint density at radius 3 is 2.32 bits per heavy atom. The van der Waals surface area contributed by atoms with E-state index >= 15 is 0 Å². The Morgan fingerprint density at radius 2 is 1.79 bits per heavy atom. The largest absolute Gasteiger partial charge is 0.374 e. The zero-order valence-corrected chi connectivity index (χ0v) is 12.1. The Bertz CT molecular complexity index is 532. The van der Waals surface area contributed by atoms with Crippen LogP contribution in [0.3, 0.4) is 0 Å². The summed E-state index contributed by atoms with van der Waals surface area (Å²) >= 11 is 0. The summed E-state index contributed by atoms with van der Waals surface area (Å²) in [5, 5.41) is 0. The van der Waals surface area contributed by atoms with Crippen molar-refractivity contribution in [3.8, 4) is 0 Å². The Morgan fingerprint density at radius 1 is 1.21 bits per heavy atom. The molecule has 19 heavy (non-hydrogen) atoms. The van der Waals surface area contributed by atoms with Crippen LogP contribution in [0.25, 0.3) is 0 Å². The van der Waals surface area contributed by atoms with E-state index in [0.717, 1.165) is 24.7 Å². The molecule has 6 heteroatoms.